The van der Waals surface area contributed by atoms with Crippen molar-refractivity contribution in [3.8, 4) is 0 Å². The molecule has 25 heavy (non-hydrogen) atoms. The Hall–Kier alpha value is -2.69. The summed E-state index contributed by atoms with van der Waals surface area (Å²) in [6, 6.07) is 11.4. The number of aryl methyl sites for hydroxylation is 1. The van der Waals surface area contributed by atoms with Gasteiger partial charge in [-0.15, -0.1) is 0 Å². The van der Waals surface area contributed by atoms with E-state index in [9.17, 15) is 9.59 Å². The summed E-state index contributed by atoms with van der Waals surface area (Å²) < 4.78 is 0. The number of likely N-dealkylation sites (tertiary alicyclic amines) is 1. The van der Waals surface area contributed by atoms with Crippen molar-refractivity contribution in [3.63, 3.8) is 0 Å². The molecule has 0 saturated carbocycles. The van der Waals surface area contributed by atoms with E-state index in [0.29, 0.717) is 19.6 Å². The summed E-state index contributed by atoms with van der Waals surface area (Å²) >= 11 is 0. The van der Waals surface area contributed by atoms with Crippen LogP contribution in [-0.2, 0) is 6.54 Å². The van der Waals surface area contributed by atoms with Crippen molar-refractivity contribution in [2.24, 2.45) is 5.92 Å². The van der Waals surface area contributed by atoms with Gasteiger partial charge in [-0.05, 0) is 37.5 Å². The van der Waals surface area contributed by atoms with Crippen molar-refractivity contribution < 1.29 is 9.59 Å². The number of piperidine rings is 1. The second-order valence-corrected chi connectivity index (χ2v) is 6.51. The summed E-state index contributed by atoms with van der Waals surface area (Å²) in [5, 5.41) is 2.92. The van der Waals surface area contributed by atoms with Gasteiger partial charge in [-0.3, -0.25) is 9.78 Å². The Labute approximate surface area is 148 Å². The van der Waals surface area contributed by atoms with Gasteiger partial charge in [-0.2, -0.15) is 0 Å². The Balaban J connectivity index is 1.48. The molecular weight excluding hydrogens is 314 g/mol. The van der Waals surface area contributed by atoms with Crippen LogP contribution in [-0.4, -0.2) is 34.8 Å². The van der Waals surface area contributed by atoms with E-state index in [2.05, 4.69) is 10.3 Å². The SMILES string of the molecule is Cc1ccc(C(=O)C2CCN(C(=O)NCc3ccncc3)CC2)cc1. The Bertz CT molecular complexity index is 720. The predicted molar refractivity (Wildman–Crippen MR) is 96.3 cm³/mol. The van der Waals surface area contributed by atoms with Crippen molar-refractivity contribution >= 4 is 11.8 Å². The van der Waals surface area contributed by atoms with E-state index in [1.807, 2.05) is 43.3 Å². The Kier molecular flexibility index (Phi) is 5.43. The number of Topliss-reactive ketones (excluding diaryl/α,β-unsaturated/α-hetero) is 1. The maximum atomic E-state index is 12.6. The molecule has 1 aliphatic rings. The number of amides is 2. The fraction of sp³-hybridized carbons (Fsp3) is 0.350. The van der Waals surface area contributed by atoms with E-state index < -0.39 is 0 Å². The highest BCUT2D eigenvalue weighted by atomic mass is 16.2. The monoisotopic (exact) mass is 337 g/mol. The second-order valence-electron chi connectivity index (χ2n) is 6.51. The van der Waals surface area contributed by atoms with Gasteiger partial charge >= 0.3 is 6.03 Å². The maximum Gasteiger partial charge on any atom is 0.317 e. The molecule has 0 aliphatic carbocycles. The lowest BCUT2D eigenvalue weighted by Gasteiger charge is -2.31. The van der Waals surface area contributed by atoms with Gasteiger partial charge < -0.3 is 10.2 Å². The van der Waals surface area contributed by atoms with Crippen molar-refractivity contribution in [1.29, 1.82) is 0 Å². The minimum atomic E-state index is -0.0713. The molecule has 1 fully saturated rings. The molecule has 1 aromatic carbocycles. The highest BCUT2D eigenvalue weighted by Crippen LogP contribution is 2.22. The van der Waals surface area contributed by atoms with E-state index >= 15 is 0 Å². The summed E-state index contributed by atoms with van der Waals surface area (Å²) in [5.41, 5.74) is 2.94. The van der Waals surface area contributed by atoms with Crippen LogP contribution in [0.25, 0.3) is 0 Å². The molecule has 1 aliphatic heterocycles. The first-order chi connectivity index (χ1) is 12.1. The van der Waals surface area contributed by atoms with Gasteiger partial charge in [-0.25, -0.2) is 4.79 Å². The van der Waals surface area contributed by atoms with Gasteiger partial charge in [0.2, 0.25) is 0 Å². The molecule has 0 unspecified atom stereocenters. The number of carbonyl (C=O) groups excluding carboxylic acids is 2. The van der Waals surface area contributed by atoms with Crippen LogP contribution >= 0.6 is 0 Å². The maximum absolute atomic E-state index is 12.6. The molecule has 2 aromatic rings. The first kappa shape index (κ1) is 17.1. The van der Waals surface area contributed by atoms with Gasteiger partial charge in [0, 0.05) is 43.5 Å². The van der Waals surface area contributed by atoms with Crippen LogP contribution in [0.4, 0.5) is 4.79 Å². The highest BCUT2D eigenvalue weighted by Gasteiger charge is 2.27. The molecule has 1 saturated heterocycles. The zero-order valence-electron chi connectivity index (χ0n) is 14.4. The van der Waals surface area contributed by atoms with E-state index in [4.69, 9.17) is 0 Å². The summed E-state index contributed by atoms with van der Waals surface area (Å²) in [4.78, 5) is 30.6. The average molecular weight is 337 g/mol. The average Bonchev–Trinajstić information content (AvgIpc) is 2.67. The van der Waals surface area contributed by atoms with Crippen molar-refractivity contribution in [1.82, 2.24) is 15.2 Å². The van der Waals surface area contributed by atoms with Crippen LogP contribution in [0.5, 0.6) is 0 Å². The number of ketones is 1. The van der Waals surface area contributed by atoms with E-state index in [1.165, 1.54) is 0 Å². The van der Waals surface area contributed by atoms with Crippen molar-refractivity contribution in [2.45, 2.75) is 26.3 Å². The Morgan fingerprint density at radius 3 is 2.36 bits per heavy atom. The lowest BCUT2D eigenvalue weighted by atomic mass is 9.89. The highest BCUT2D eigenvalue weighted by molar-refractivity contribution is 5.98. The summed E-state index contributed by atoms with van der Waals surface area (Å²) in [7, 11) is 0. The number of urea groups is 1. The number of carbonyl (C=O) groups is 2. The molecule has 0 atom stereocenters. The molecule has 0 spiro atoms. The van der Waals surface area contributed by atoms with Gasteiger partial charge in [0.05, 0.1) is 0 Å². The van der Waals surface area contributed by atoms with E-state index in [0.717, 1.165) is 29.5 Å². The number of pyridine rings is 1. The third-order valence-electron chi connectivity index (χ3n) is 4.68. The van der Waals surface area contributed by atoms with Crippen LogP contribution in [0, 0.1) is 12.8 Å². The van der Waals surface area contributed by atoms with Crippen LogP contribution in [0.1, 0.15) is 34.3 Å². The van der Waals surface area contributed by atoms with Crippen LogP contribution in [0.2, 0.25) is 0 Å². The standard InChI is InChI=1S/C20H23N3O2/c1-15-2-4-17(5-3-15)19(24)18-8-12-23(13-9-18)20(25)22-14-16-6-10-21-11-7-16/h2-7,10-11,18H,8-9,12-14H2,1H3,(H,22,25). The Morgan fingerprint density at radius 1 is 1.08 bits per heavy atom. The number of benzene rings is 1. The fourth-order valence-electron chi connectivity index (χ4n) is 3.09. The number of hydrogen-bond acceptors (Lipinski definition) is 3. The predicted octanol–water partition coefficient (Wildman–Crippen LogP) is 3.19. The third-order valence-corrected chi connectivity index (χ3v) is 4.68. The van der Waals surface area contributed by atoms with Gasteiger partial charge in [0.15, 0.2) is 5.78 Å². The molecule has 5 heteroatoms. The molecule has 0 radical (unpaired) electrons. The lowest BCUT2D eigenvalue weighted by molar-refractivity contribution is 0.0854. The molecule has 130 valence electrons. The molecular formula is C20H23N3O2. The number of hydrogen-bond donors (Lipinski definition) is 1. The van der Waals surface area contributed by atoms with Crippen molar-refractivity contribution in [3.05, 3.63) is 65.5 Å². The van der Waals surface area contributed by atoms with Gasteiger partial charge in [-0.1, -0.05) is 29.8 Å². The zero-order valence-corrected chi connectivity index (χ0v) is 14.4. The van der Waals surface area contributed by atoms with Crippen molar-refractivity contribution in [2.75, 3.05) is 13.1 Å². The zero-order chi connectivity index (χ0) is 17.6. The Morgan fingerprint density at radius 2 is 1.72 bits per heavy atom. The van der Waals surface area contributed by atoms with Crippen LogP contribution in [0.15, 0.2) is 48.8 Å². The molecule has 5 nitrogen and oxygen atoms in total. The summed E-state index contributed by atoms with van der Waals surface area (Å²) in [5.74, 6) is 0.198. The van der Waals surface area contributed by atoms with Gasteiger partial charge in [0.25, 0.3) is 0 Å². The molecule has 0 bridgehead atoms. The quantitative estimate of drug-likeness (QED) is 0.872. The number of nitrogens with zero attached hydrogens (tertiary/aromatic N) is 2. The summed E-state index contributed by atoms with van der Waals surface area (Å²) in [6.07, 6.45) is 4.86. The van der Waals surface area contributed by atoms with Crippen LogP contribution < -0.4 is 5.32 Å². The smallest absolute Gasteiger partial charge is 0.317 e. The number of aromatic nitrogens is 1. The molecule has 3 rings (SSSR count). The minimum absolute atomic E-state index is 0.00644. The first-order valence-electron chi connectivity index (χ1n) is 8.66. The molecule has 1 aromatic heterocycles. The molecule has 1 N–H and O–H groups in total. The normalized spacial score (nSPS) is 15.0. The minimum Gasteiger partial charge on any atom is -0.334 e. The van der Waals surface area contributed by atoms with E-state index in [-0.39, 0.29) is 17.7 Å². The molecule has 2 heterocycles. The first-order valence-corrected chi connectivity index (χ1v) is 8.66. The second kappa shape index (κ2) is 7.92. The summed E-state index contributed by atoms with van der Waals surface area (Å²) in [6.45, 7) is 3.73. The topological polar surface area (TPSA) is 62.3 Å². The largest absolute Gasteiger partial charge is 0.334 e. The number of nitrogens with one attached hydrogen (secondary N) is 1. The van der Waals surface area contributed by atoms with Crippen LogP contribution in [0.3, 0.4) is 0 Å². The van der Waals surface area contributed by atoms with Gasteiger partial charge in [0.1, 0.15) is 0 Å². The third kappa shape index (κ3) is 4.44. The lowest BCUT2D eigenvalue weighted by Crippen LogP contribution is -2.45. The molecule has 2 amide bonds. The number of rotatable bonds is 4. The van der Waals surface area contributed by atoms with E-state index in [1.54, 1.807) is 17.3 Å². The fourth-order valence-corrected chi connectivity index (χ4v) is 3.09.